The molecule has 1 atom stereocenters. The summed E-state index contributed by atoms with van der Waals surface area (Å²) in [5.41, 5.74) is 2.80. The van der Waals surface area contributed by atoms with Crippen LogP contribution in [-0.4, -0.2) is 12.2 Å². The van der Waals surface area contributed by atoms with E-state index in [1.807, 2.05) is 35.9 Å². The summed E-state index contributed by atoms with van der Waals surface area (Å²) in [7, 11) is 1.65. The first-order chi connectivity index (χ1) is 8.13. The van der Waals surface area contributed by atoms with Crippen LogP contribution in [0.15, 0.2) is 33.4 Å². The Bertz CT molecular complexity index is 522. The molecule has 0 amide bonds. The molecule has 2 rings (SSSR count). The molecule has 0 fully saturated rings. The zero-order valence-electron chi connectivity index (χ0n) is 9.61. The summed E-state index contributed by atoms with van der Waals surface area (Å²) in [6.07, 6.45) is -0.597. The first kappa shape index (κ1) is 12.6. The van der Waals surface area contributed by atoms with Crippen LogP contribution in [0.1, 0.15) is 22.8 Å². The van der Waals surface area contributed by atoms with Gasteiger partial charge < -0.3 is 9.84 Å². The first-order valence-electron chi connectivity index (χ1n) is 5.17. The number of hydrogen-bond acceptors (Lipinski definition) is 3. The van der Waals surface area contributed by atoms with Crippen LogP contribution in [0, 0.1) is 6.92 Å². The van der Waals surface area contributed by atoms with Gasteiger partial charge in [0.1, 0.15) is 11.9 Å². The molecule has 0 spiro atoms. The zero-order chi connectivity index (χ0) is 12.4. The molecule has 1 aromatic carbocycles. The van der Waals surface area contributed by atoms with Crippen LogP contribution in [0.2, 0.25) is 0 Å². The Hall–Kier alpha value is -0.840. The SMILES string of the molecule is COc1ccc(C(O)c2cscc2Br)cc1C. The standard InChI is InChI=1S/C13H13BrO2S/c1-8-5-9(3-4-12(8)16-2)13(15)10-6-17-7-11(10)14/h3-7,13,15H,1-2H3. The van der Waals surface area contributed by atoms with Gasteiger partial charge in [0.15, 0.2) is 0 Å². The van der Waals surface area contributed by atoms with Gasteiger partial charge in [-0.2, -0.15) is 11.3 Å². The highest BCUT2D eigenvalue weighted by molar-refractivity contribution is 9.10. The molecule has 2 aromatic rings. The van der Waals surface area contributed by atoms with Crippen molar-refractivity contribution in [2.24, 2.45) is 0 Å². The van der Waals surface area contributed by atoms with E-state index < -0.39 is 6.10 Å². The molecule has 0 aliphatic carbocycles. The molecule has 1 aromatic heterocycles. The van der Waals surface area contributed by atoms with Gasteiger partial charge in [0.05, 0.1) is 7.11 Å². The van der Waals surface area contributed by atoms with E-state index in [1.165, 1.54) is 0 Å². The van der Waals surface area contributed by atoms with Gasteiger partial charge >= 0.3 is 0 Å². The van der Waals surface area contributed by atoms with Crippen LogP contribution in [0.3, 0.4) is 0 Å². The Morgan fingerprint density at radius 2 is 2.12 bits per heavy atom. The third-order valence-corrected chi connectivity index (χ3v) is 4.42. The van der Waals surface area contributed by atoms with E-state index in [1.54, 1.807) is 18.4 Å². The van der Waals surface area contributed by atoms with Gasteiger partial charge in [-0.05, 0) is 51.5 Å². The lowest BCUT2D eigenvalue weighted by Gasteiger charge is -2.13. The molecule has 0 saturated heterocycles. The quantitative estimate of drug-likeness (QED) is 0.931. The Balaban J connectivity index is 2.35. The normalized spacial score (nSPS) is 12.5. The monoisotopic (exact) mass is 312 g/mol. The number of hydrogen-bond donors (Lipinski definition) is 1. The summed E-state index contributed by atoms with van der Waals surface area (Å²) in [5, 5.41) is 14.2. The van der Waals surface area contributed by atoms with Crippen molar-refractivity contribution >= 4 is 27.3 Å². The second-order valence-corrected chi connectivity index (χ2v) is 5.40. The van der Waals surface area contributed by atoms with E-state index >= 15 is 0 Å². The van der Waals surface area contributed by atoms with Crippen molar-refractivity contribution in [3.05, 3.63) is 50.1 Å². The van der Waals surface area contributed by atoms with E-state index in [-0.39, 0.29) is 0 Å². The molecule has 0 radical (unpaired) electrons. The van der Waals surface area contributed by atoms with Crippen molar-refractivity contribution in [2.45, 2.75) is 13.0 Å². The van der Waals surface area contributed by atoms with Crippen molar-refractivity contribution in [3.8, 4) is 5.75 Å². The Morgan fingerprint density at radius 1 is 1.35 bits per heavy atom. The molecule has 1 heterocycles. The van der Waals surface area contributed by atoms with Crippen LogP contribution >= 0.6 is 27.3 Å². The van der Waals surface area contributed by atoms with Gasteiger partial charge in [0.25, 0.3) is 0 Å². The summed E-state index contributed by atoms with van der Waals surface area (Å²) >= 11 is 5.01. The van der Waals surface area contributed by atoms with E-state index in [9.17, 15) is 5.11 Å². The minimum absolute atomic E-state index is 0.597. The van der Waals surface area contributed by atoms with Crippen LogP contribution in [0.25, 0.3) is 0 Å². The maximum absolute atomic E-state index is 10.3. The summed E-state index contributed by atoms with van der Waals surface area (Å²) in [6.45, 7) is 1.97. The molecular formula is C13H13BrO2S. The minimum atomic E-state index is -0.597. The average Bonchev–Trinajstić information content (AvgIpc) is 2.74. The lowest BCUT2D eigenvalue weighted by molar-refractivity contribution is 0.220. The van der Waals surface area contributed by atoms with Crippen molar-refractivity contribution in [2.75, 3.05) is 7.11 Å². The average molecular weight is 313 g/mol. The topological polar surface area (TPSA) is 29.5 Å². The number of rotatable bonds is 3. The molecule has 0 aliphatic heterocycles. The van der Waals surface area contributed by atoms with Crippen molar-refractivity contribution in [1.29, 1.82) is 0 Å². The largest absolute Gasteiger partial charge is 0.496 e. The number of ether oxygens (including phenoxy) is 1. The summed E-state index contributed by atoms with van der Waals surface area (Å²) in [6, 6.07) is 5.72. The number of thiophene rings is 1. The fraction of sp³-hybridized carbons (Fsp3) is 0.231. The van der Waals surface area contributed by atoms with Crippen LogP contribution < -0.4 is 4.74 Å². The number of aliphatic hydroxyl groups excluding tert-OH is 1. The van der Waals surface area contributed by atoms with E-state index in [2.05, 4.69) is 15.9 Å². The predicted octanol–water partition coefficient (Wildman–Crippen LogP) is 3.91. The molecule has 90 valence electrons. The van der Waals surface area contributed by atoms with Crippen LogP contribution in [0.4, 0.5) is 0 Å². The first-order valence-corrected chi connectivity index (χ1v) is 6.91. The van der Waals surface area contributed by atoms with Crippen molar-refractivity contribution in [1.82, 2.24) is 0 Å². The second kappa shape index (κ2) is 5.21. The molecule has 2 nitrogen and oxygen atoms in total. The maximum atomic E-state index is 10.3. The van der Waals surface area contributed by atoms with Gasteiger partial charge in [0.2, 0.25) is 0 Å². The highest BCUT2D eigenvalue weighted by Crippen LogP contribution is 2.33. The smallest absolute Gasteiger partial charge is 0.121 e. The van der Waals surface area contributed by atoms with Gasteiger partial charge in [-0.25, -0.2) is 0 Å². The summed E-state index contributed by atoms with van der Waals surface area (Å²) in [5.74, 6) is 0.838. The molecule has 4 heteroatoms. The number of methoxy groups -OCH3 is 1. The zero-order valence-corrected chi connectivity index (χ0v) is 12.0. The third kappa shape index (κ3) is 2.54. The molecule has 0 saturated carbocycles. The number of aryl methyl sites for hydroxylation is 1. The highest BCUT2D eigenvalue weighted by Gasteiger charge is 2.15. The van der Waals surface area contributed by atoms with Crippen molar-refractivity contribution in [3.63, 3.8) is 0 Å². The predicted molar refractivity (Wildman–Crippen MR) is 73.8 cm³/mol. The molecule has 17 heavy (non-hydrogen) atoms. The van der Waals surface area contributed by atoms with Crippen molar-refractivity contribution < 1.29 is 9.84 Å². The molecule has 0 aliphatic rings. The summed E-state index contributed by atoms with van der Waals surface area (Å²) < 4.78 is 6.15. The molecule has 1 unspecified atom stereocenters. The van der Waals surface area contributed by atoms with Crippen LogP contribution in [-0.2, 0) is 0 Å². The molecular weight excluding hydrogens is 300 g/mol. The summed E-state index contributed by atoms with van der Waals surface area (Å²) in [4.78, 5) is 0. The third-order valence-electron chi connectivity index (χ3n) is 2.67. The Morgan fingerprint density at radius 3 is 2.65 bits per heavy atom. The number of halogens is 1. The lowest BCUT2D eigenvalue weighted by Crippen LogP contribution is -2.00. The van der Waals surface area contributed by atoms with E-state index in [0.717, 1.165) is 26.9 Å². The second-order valence-electron chi connectivity index (χ2n) is 3.81. The highest BCUT2D eigenvalue weighted by atomic mass is 79.9. The fourth-order valence-electron chi connectivity index (χ4n) is 1.74. The van der Waals surface area contributed by atoms with Gasteiger partial charge in [-0.3, -0.25) is 0 Å². The molecule has 0 bridgehead atoms. The minimum Gasteiger partial charge on any atom is -0.496 e. The Labute approximate surface area is 113 Å². The van der Waals surface area contributed by atoms with E-state index in [4.69, 9.17) is 4.74 Å². The lowest BCUT2D eigenvalue weighted by atomic mass is 10.0. The maximum Gasteiger partial charge on any atom is 0.121 e. The fourth-order valence-corrected chi connectivity index (χ4v) is 3.27. The van der Waals surface area contributed by atoms with Crippen LogP contribution in [0.5, 0.6) is 5.75 Å². The number of aliphatic hydroxyl groups is 1. The molecule has 1 N–H and O–H groups in total. The van der Waals surface area contributed by atoms with Gasteiger partial charge in [-0.1, -0.05) is 6.07 Å². The van der Waals surface area contributed by atoms with Gasteiger partial charge in [0, 0.05) is 15.4 Å². The number of benzene rings is 1. The van der Waals surface area contributed by atoms with E-state index in [0.29, 0.717) is 0 Å². The van der Waals surface area contributed by atoms with Gasteiger partial charge in [-0.15, -0.1) is 0 Å². The Kier molecular flexibility index (Phi) is 3.86.